The van der Waals surface area contributed by atoms with E-state index in [9.17, 15) is 0 Å². The van der Waals surface area contributed by atoms with Gasteiger partial charge in [-0.25, -0.2) is 0 Å². The van der Waals surface area contributed by atoms with Gasteiger partial charge in [-0.1, -0.05) is 75.3 Å². The van der Waals surface area contributed by atoms with Crippen LogP contribution in [-0.2, 0) is 11.8 Å². The van der Waals surface area contributed by atoms with Gasteiger partial charge in [-0.3, -0.25) is 0 Å². The van der Waals surface area contributed by atoms with Crippen molar-refractivity contribution in [2.24, 2.45) is 5.16 Å². The van der Waals surface area contributed by atoms with E-state index in [1.807, 2.05) is 36.4 Å². The van der Waals surface area contributed by atoms with Gasteiger partial charge in [-0.15, -0.1) is 0 Å². The van der Waals surface area contributed by atoms with Gasteiger partial charge in [0.15, 0.2) is 0 Å². The first-order chi connectivity index (χ1) is 13.9. The Balaban J connectivity index is 1.72. The summed E-state index contributed by atoms with van der Waals surface area (Å²) < 4.78 is 12.0. The first-order valence-electron chi connectivity index (χ1n) is 10.0. The summed E-state index contributed by atoms with van der Waals surface area (Å²) in [5.74, 6) is 1.57. The number of fused-ring (bicyclic) bond motifs is 1. The van der Waals surface area contributed by atoms with Gasteiger partial charge >= 0.3 is 0 Å². The maximum atomic E-state index is 9.06. The van der Waals surface area contributed by atoms with E-state index in [1.54, 1.807) is 0 Å². The van der Waals surface area contributed by atoms with Crippen molar-refractivity contribution in [3.05, 3.63) is 71.3 Å². The Morgan fingerprint density at radius 3 is 2.31 bits per heavy atom. The molecule has 0 aromatic heterocycles. The van der Waals surface area contributed by atoms with Gasteiger partial charge in [-0.05, 0) is 45.9 Å². The molecular formula is C25H29NO3. The van der Waals surface area contributed by atoms with Crippen molar-refractivity contribution in [1.82, 2.24) is 0 Å². The van der Waals surface area contributed by atoms with E-state index in [-0.39, 0.29) is 5.41 Å². The van der Waals surface area contributed by atoms with Crippen molar-refractivity contribution in [2.45, 2.75) is 39.5 Å². The van der Waals surface area contributed by atoms with Crippen LogP contribution >= 0.6 is 0 Å². The summed E-state index contributed by atoms with van der Waals surface area (Å²) in [6, 6.07) is 18.2. The maximum absolute atomic E-state index is 9.06. The van der Waals surface area contributed by atoms with Crippen LogP contribution in [0, 0.1) is 0 Å². The van der Waals surface area contributed by atoms with Crippen molar-refractivity contribution in [1.29, 1.82) is 0 Å². The molecule has 0 fully saturated rings. The molecule has 3 aromatic carbocycles. The van der Waals surface area contributed by atoms with Gasteiger partial charge in [0.05, 0.1) is 6.21 Å². The van der Waals surface area contributed by atoms with Crippen molar-refractivity contribution < 1.29 is 14.7 Å². The van der Waals surface area contributed by atoms with Crippen LogP contribution in [0.1, 0.15) is 44.4 Å². The Morgan fingerprint density at radius 1 is 0.931 bits per heavy atom. The summed E-state index contributed by atoms with van der Waals surface area (Å²) in [7, 11) is 0. The molecule has 29 heavy (non-hydrogen) atoms. The Kier molecular flexibility index (Phi) is 6.42. The number of rotatable bonds is 7. The summed E-state index contributed by atoms with van der Waals surface area (Å²) in [6.45, 7) is 9.57. The van der Waals surface area contributed by atoms with Crippen LogP contribution in [0.4, 0.5) is 0 Å². The lowest BCUT2D eigenvalue weighted by Gasteiger charge is -2.24. The van der Waals surface area contributed by atoms with E-state index in [4.69, 9.17) is 14.7 Å². The molecule has 4 nitrogen and oxygen atoms in total. The largest absolute Gasteiger partial charge is 0.490 e. The smallest absolute Gasteiger partial charge is 0.129 e. The summed E-state index contributed by atoms with van der Waals surface area (Å²) in [5.41, 5.74) is 3.27. The zero-order valence-corrected chi connectivity index (χ0v) is 17.6. The number of ether oxygens (including phenoxy) is 2. The molecule has 0 aliphatic rings. The van der Waals surface area contributed by atoms with Gasteiger partial charge < -0.3 is 14.7 Å². The number of hydrogen-bond acceptors (Lipinski definition) is 4. The molecule has 3 aromatic rings. The summed E-state index contributed by atoms with van der Waals surface area (Å²) in [6.07, 6.45) is 2.42. The third-order valence-corrected chi connectivity index (χ3v) is 4.98. The van der Waals surface area contributed by atoms with E-state index in [0.29, 0.717) is 19.0 Å². The fraction of sp³-hybridized carbons (Fsp3) is 0.320. The average molecular weight is 392 g/mol. The second kappa shape index (κ2) is 8.99. The third kappa shape index (κ3) is 4.89. The van der Waals surface area contributed by atoms with Crippen LogP contribution in [0.15, 0.2) is 59.8 Å². The first-order valence-corrected chi connectivity index (χ1v) is 10.0. The fourth-order valence-electron chi connectivity index (χ4n) is 3.40. The monoisotopic (exact) mass is 391 g/mol. The third-order valence-electron chi connectivity index (χ3n) is 4.98. The lowest BCUT2D eigenvalue weighted by molar-refractivity contribution is 0.214. The van der Waals surface area contributed by atoms with Crippen LogP contribution in [0.5, 0.6) is 11.5 Å². The first kappa shape index (κ1) is 20.7. The molecule has 4 heteroatoms. The van der Waals surface area contributed by atoms with Gasteiger partial charge in [0, 0.05) is 5.56 Å². The number of hydrogen-bond donors (Lipinski definition) is 1. The number of oxime groups is 1. The molecule has 0 spiro atoms. The van der Waals surface area contributed by atoms with Crippen molar-refractivity contribution in [2.75, 3.05) is 13.2 Å². The molecule has 0 atom stereocenters. The van der Waals surface area contributed by atoms with Crippen LogP contribution in [0.3, 0.4) is 0 Å². The Morgan fingerprint density at radius 2 is 1.62 bits per heavy atom. The van der Waals surface area contributed by atoms with E-state index >= 15 is 0 Å². The molecule has 0 aliphatic carbocycles. The quantitative estimate of drug-likeness (QED) is 0.234. The fourth-order valence-corrected chi connectivity index (χ4v) is 3.40. The van der Waals surface area contributed by atoms with Crippen molar-refractivity contribution >= 4 is 17.0 Å². The molecule has 0 saturated heterocycles. The van der Waals surface area contributed by atoms with E-state index in [1.165, 1.54) is 17.3 Å². The lowest BCUT2D eigenvalue weighted by atomic mass is 9.85. The minimum absolute atomic E-state index is 0.00444. The number of benzene rings is 3. The normalized spacial score (nSPS) is 11.9. The molecule has 1 N–H and O–H groups in total. The lowest BCUT2D eigenvalue weighted by Crippen LogP contribution is -2.16. The van der Waals surface area contributed by atoms with Gasteiger partial charge in [-0.2, -0.15) is 0 Å². The highest BCUT2D eigenvalue weighted by molar-refractivity contribution is 6.02. The predicted octanol–water partition coefficient (Wildman–Crippen LogP) is 5.97. The molecule has 0 radical (unpaired) electrons. The van der Waals surface area contributed by atoms with Gasteiger partial charge in [0.2, 0.25) is 0 Å². The Labute approximate surface area is 172 Å². The van der Waals surface area contributed by atoms with E-state index in [2.05, 4.69) is 51.0 Å². The SMILES string of the molecule is CCc1ccc(OCCOc2ccc3ccccc3c2C=NO)c(C(C)(C)C)c1. The number of aryl methyl sites for hydroxylation is 1. The minimum atomic E-state index is 0.00444. The highest BCUT2D eigenvalue weighted by atomic mass is 16.5. The van der Waals surface area contributed by atoms with Crippen LogP contribution in [0.25, 0.3) is 10.8 Å². The predicted molar refractivity (Wildman–Crippen MR) is 119 cm³/mol. The standard InChI is InChI=1S/C25H29NO3/c1-5-18-10-12-24(22(16-18)25(2,3)4)29-15-14-28-23-13-11-19-8-6-7-9-20(19)21(23)17-26-27/h6-13,16-17,27H,5,14-15H2,1-4H3. The van der Waals surface area contributed by atoms with Crippen molar-refractivity contribution in [3.63, 3.8) is 0 Å². The van der Waals surface area contributed by atoms with Crippen LogP contribution in [-0.4, -0.2) is 24.6 Å². The van der Waals surface area contributed by atoms with Gasteiger partial charge in [0.25, 0.3) is 0 Å². The summed E-state index contributed by atoms with van der Waals surface area (Å²) in [5, 5.41) is 14.3. The molecule has 0 heterocycles. The zero-order valence-electron chi connectivity index (χ0n) is 17.6. The van der Waals surface area contributed by atoms with E-state index < -0.39 is 0 Å². The summed E-state index contributed by atoms with van der Waals surface area (Å²) >= 11 is 0. The molecule has 0 unspecified atom stereocenters. The Bertz CT molecular complexity index is 1000. The molecule has 0 saturated carbocycles. The summed E-state index contributed by atoms with van der Waals surface area (Å²) in [4.78, 5) is 0. The molecule has 0 aliphatic heterocycles. The van der Waals surface area contributed by atoms with Crippen LogP contribution in [0.2, 0.25) is 0 Å². The van der Waals surface area contributed by atoms with Crippen molar-refractivity contribution in [3.8, 4) is 11.5 Å². The molecule has 0 bridgehead atoms. The second-order valence-corrected chi connectivity index (χ2v) is 8.07. The molecule has 0 amide bonds. The zero-order chi connectivity index (χ0) is 20.9. The van der Waals surface area contributed by atoms with E-state index in [0.717, 1.165) is 28.5 Å². The number of nitrogens with zero attached hydrogens (tertiary/aromatic N) is 1. The minimum Gasteiger partial charge on any atom is -0.490 e. The second-order valence-electron chi connectivity index (χ2n) is 8.07. The maximum Gasteiger partial charge on any atom is 0.129 e. The molecular weight excluding hydrogens is 362 g/mol. The van der Waals surface area contributed by atoms with Gasteiger partial charge in [0.1, 0.15) is 24.7 Å². The Hall–Kier alpha value is -3.01. The highest BCUT2D eigenvalue weighted by Gasteiger charge is 2.19. The molecule has 152 valence electrons. The average Bonchev–Trinajstić information content (AvgIpc) is 2.71. The highest BCUT2D eigenvalue weighted by Crippen LogP contribution is 2.32. The van der Waals surface area contributed by atoms with Crippen LogP contribution < -0.4 is 9.47 Å². The molecule has 3 rings (SSSR count). The topological polar surface area (TPSA) is 51.0 Å².